The Kier molecular flexibility index (Phi) is 4.29. The summed E-state index contributed by atoms with van der Waals surface area (Å²) in [6, 6.07) is 3.88. The highest BCUT2D eigenvalue weighted by Gasteiger charge is 2.36. The molecule has 2 saturated heterocycles. The maximum atomic E-state index is 13.3. The molecule has 0 spiro atoms. The van der Waals surface area contributed by atoms with Crippen LogP contribution in [0.1, 0.15) is 25.7 Å². The van der Waals surface area contributed by atoms with E-state index in [-0.39, 0.29) is 12.1 Å². The zero-order valence-electron chi connectivity index (χ0n) is 12.3. The Morgan fingerprint density at radius 2 is 1.82 bits per heavy atom. The van der Waals surface area contributed by atoms with Crippen molar-refractivity contribution in [3.05, 3.63) is 29.8 Å². The number of likely N-dealkylation sites (tertiary alicyclic amines) is 1. The first-order valence-corrected chi connectivity index (χ1v) is 7.75. The summed E-state index contributed by atoms with van der Waals surface area (Å²) in [6.45, 7) is 2.31. The van der Waals surface area contributed by atoms with Gasteiger partial charge in [-0.3, -0.25) is 9.69 Å². The number of carboxylic acids is 1. The Morgan fingerprint density at radius 3 is 2.45 bits per heavy atom. The van der Waals surface area contributed by atoms with Crippen LogP contribution in [0.5, 0.6) is 0 Å². The van der Waals surface area contributed by atoms with Crippen LogP contribution in [-0.4, -0.2) is 47.7 Å². The molecule has 0 unspecified atom stereocenters. The highest BCUT2D eigenvalue weighted by molar-refractivity contribution is 5.73. The lowest BCUT2D eigenvalue weighted by molar-refractivity contribution is -0.143. The number of anilines is 1. The molecule has 1 N–H and O–H groups in total. The second-order valence-corrected chi connectivity index (χ2v) is 6.05. The molecule has 0 aliphatic carbocycles. The van der Waals surface area contributed by atoms with Gasteiger partial charge in [0.2, 0.25) is 0 Å². The van der Waals surface area contributed by atoms with Gasteiger partial charge in [-0.2, -0.15) is 0 Å². The smallest absolute Gasteiger partial charge is 0.320 e. The zero-order chi connectivity index (χ0) is 15.7. The lowest BCUT2D eigenvalue weighted by Crippen LogP contribution is -2.49. The molecule has 1 aromatic rings. The number of hydrogen-bond donors (Lipinski definition) is 1. The van der Waals surface area contributed by atoms with Crippen molar-refractivity contribution >= 4 is 11.7 Å². The molecular weight excluding hydrogens is 290 g/mol. The van der Waals surface area contributed by atoms with Crippen molar-refractivity contribution in [1.29, 1.82) is 0 Å². The predicted molar refractivity (Wildman–Crippen MR) is 79.0 cm³/mol. The van der Waals surface area contributed by atoms with E-state index in [1.807, 2.05) is 4.90 Å². The van der Waals surface area contributed by atoms with Crippen molar-refractivity contribution in [2.75, 3.05) is 24.5 Å². The molecule has 0 aromatic heterocycles. The highest BCUT2D eigenvalue weighted by Crippen LogP contribution is 2.28. The second-order valence-electron chi connectivity index (χ2n) is 6.05. The van der Waals surface area contributed by atoms with Crippen LogP contribution in [-0.2, 0) is 4.79 Å². The van der Waals surface area contributed by atoms with Crippen LogP contribution < -0.4 is 4.90 Å². The molecule has 0 bridgehead atoms. The van der Waals surface area contributed by atoms with Crippen LogP contribution in [0.2, 0.25) is 0 Å². The van der Waals surface area contributed by atoms with Gasteiger partial charge in [0.25, 0.3) is 0 Å². The van der Waals surface area contributed by atoms with Gasteiger partial charge in [-0.25, -0.2) is 8.78 Å². The molecule has 2 heterocycles. The highest BCUT2D eigenvalue weighted by atomic mass is 19.2. The molecule has 2 fully saturated rings. The van der Waals surface area contributed by atoms with Gasteiger partial charge in [-0.05, 0) is 44.4 Å². The summed E-state index contributed by atoms with van der Waals surface area (Å²) < 4.78 is 26.3. The minimum atomic E-state index is -0.833. The van der Waals surface area contributed by atoms with Gasteiger partial charge >= 0.3 is 5.97 Å². The Hall–Kier alpha value is -1.69. The summed E-state index contributed by atoms with van der Waals surface area (Å²) in [7, 11) is 0. The van der Waals surface area contributed by atoms with Gasteiger partial charge in [-0.15, -0.1) is 0 Å². The molecule has 2 aliphatic heterocycles. The van der Waals surface area contributed by atoms with Gasteiger partial charge in [0.15, 0.2) is 11.6 Å². The van der Waals surface area contributed by atoms with Crippen molar-refractivity contribution in [3.8, 4) is 0 Å². The van der Waals surface area contributed by atoms with Crippen molar-refractivity contribution in [3.63, 3.8) is 0 Å². The van der Waals surface area contributed by atoms with E-state index < -0.39 is 17.6 Å². The van der Waals surface area contributed by atoms with Crippen molar-refractivity contribution < 1.29 is 18.7 Å². The van der Waals surface area contributed by atoms with E-state index >= 15 is 0 Å². The number of piperidine rings is 1. The van der Waals surface area contributed by atoms with E-state index in [0.29, 0.717) is 5.69 Å². The fraction of sp³-hybridized carbons (Fsp3) is 0.562. The van der Waals surface area contributed by atoms with Crippen LogP contribution >= 0.6 is 0 Å². The first kappa shape index (κ1) is 15.2. The van der Waals surface area contributed by atoms with E-state index in [0.717, 1.165) is 51.4 Å². The number of benzene rings is 1. The summed E-state index contributed by atoms with van der Waals surface area (Å²) in [6.07, 6.45) is 3.35. The van der Waals surface area contributed by atoms with Crippen molar-refractivity contribution in [2.45, 2.75) is 37.8 Å². The Bertz CT molecular complexity index is 559. The molecule has 0 radical (unpaired) electrons. The lowest BCUT2D eigenvalue weighted by atomic mass is 10.0. The molecule has 4 nitrogen and oxygen atoms in total. The number of aliphatic carboxylic acids is 1. The Morgan fingerprint density at radius 1 is 1.09 bits per heavy atom. The summed E-state index contributed by atoms with van der Waals surface area (Å²) in [5.74, 6) is -2.40. The fourth-order valence-corrected chi connectivity index (χ4v) is 3.63. The minimum absolute atomic E-state index is 0.269. The molecule has 0 amide bonds. The molecule has 1 aromatic carbocycles. The van der Waals surface area contributed by atoms with E-state index in [1.165, 1.54) is 6.07 Å². The van der Waals surface area contributed by atoms with E-state index in [9.17, 15) is 18.7 Å². The van der Waals surface area contributed by atoms with Crippen LogP contribution in [0.3, 0.4) is 0 Å². The minimum Gasteiger partial charge on any atom is -0.480 e. The number of rotatable bonds is 3. The van der Waals surface area contributed by atoms with Crippen LogP contribution in [0.25, 0.3) is 0 Å². The standard InChI is InChI=1S/C16H20F2N2O2/c17-13-4-3-12(10-14(13)18)19-8-5-11(6-9-19)20-7-1-2-15(20)16(21)22/h3-4,10-11,15H,1-2,5-9H2,(H,21,22)/t15-/m1/s1. The molecule has 120 valence electrons. The quantitative estimate of drug-likeness (QED) is 0.931. The fourth-order valence-electron chi connectivity index (χ4n) is 3.63. The largest absolute Gasteiger partial charge is 0.480 e. The monoisotopic (exact) mass is 310 g/mol. The van der Waals surface area contributed by atoms with Gasteiger partial charge in [0.1, 0.15) is 6.04 Å². The second kappa shape index (κ2) is 6.20. The Labute approximate surface area is 128 Å². The third-order valence-electron chi connectivity index (χ3n) is 4.78. The van der Waals surface area contributed by atoms with Gasteiger partial charge in [0, 0.05) is 30.9 Å². The number of nitrogens with zero attached hydrogens (tertiary/aromatic N) is 2. The average Bonchev–Trinajstić information content (AvgIpc) is 3.00. The third-order valence-corrected chi connectivity index (χ3v) is 4.78. The summed E-state index contributed by atoms with van der Waals surface area (Å²) in [5, 5.41) is 9.27. The van der Waals surface area contributed by atoms with Gasteiger partial charge in [0.05, 0.1) is 0 Å². The van der Waals surface area contributed by atoms with Crippen molar-refractivity contribution in [1.82, 2.24) is 4.90 Å². The summed E-state index contributed by atoms with van der Waals surface area (Å²) >= 11 is 0. The molecule has 22 heavy (non-hydrogen) atoms. The maximum Gasteiger partial charge on any atom is 0.320 e. The van der Waals surface area contributed by atoms with Crippen LogP contribution in [0.15, 0.2) is 18.2 Å². The normalized spacial score (nSPS) is 23.9. The summed E-state index contributed by atoms with van der Waals surface area (Å²) in [4.78, 5) is 15.4. The summed E-state index contributed by atoms with van der Waals surface area (Å²) in [5.41, 5.74) is 0.688. The van der Waals surface area contributed by atoms with E-state index in [2.05, 4.69) is 4.90 Å². The lowest BCUT2D eigenvalue weighted by Gasteiger charge is -2.39. The van der Waals surface area contributed by atoms with Crippen molar-refractivity contribution in [2.24, 2.45) is 0 Å². The zero-order valence-corrected chi connectivity index (χ0v) is 12.3. The molecule has 6 heteroatoms. The molecule has 1 atom stereocenters. The molecular formula is C16H20F2N2O2. The third kappa shape index (κ3) is 2.92. The van der Waals surface area contributed by atoms with Crippen LogP contribution in [0, 0.1) is 11.6 Å². The van der Waals surface area contributed by atoms with E-state index in [4.69, 9.17) is 0 Å². The molecule has 3 rings (SSSR count). The van der Waals surface area contributed by atoms with Gasteiger partial charge < -0.3 is 10.0 Å². The van der Waals surface area contributed by atoms with Crippen LogP contribution in [0.4, 0.5) is 14.5 Å². The first-order valence-electron chi connectivity index (χ1n) is 7.75. The SMILES string of the molecule is O=C(O)[C@H]1CCCN1C1CCN(c2ccc(F)c(F)c2)CC1. The predicted octanol–water partition coefficient (Wildman–Crippen LogP) is 2.48. The van der Waals surface area contributed by atoms with Gasteiger partial charge in [-0.1, -0.05) is 0 Å². The maximum absolute atomic E-state index is 13.3. The average molecular weight is 310 g/mol. The van der Waals surface area contributed by atoms with E-state index in [1.54, 1.807) is 6.07 Å². The number of hydrogen-bond acceptors (Lipinski definition) is 3. The molecule has 0 saturated carbocycles. The Balaban J connectivity index is 1.62. The number of halogens is 2. The topological polar surface area (TPSA) is 43.8 Å². The molecule has 2 aliphatic rings. The first-order chi connectivity index (χ1) is 10.6. The number of carbonyl (C=O) groups is 1. The number of carboxylic acid groups (broad SMARTS) is 1.